The Balaban J connectivity index is 2.06. The topological polar surface area (TPSA) is 64.9 Å². The summed E-state index contributed by atoms with van der Waals surface area (Å²) in [5.41, 5.74) is 7.33. The highest BCUT2D eigenvalue weighted by atomic mass is 32.2. The van der Waals surface area contributed by atoms with E-state index in [1.165, 1.54) is 0 Å². The van der Waals surface area contributed by atoms with Crippen LogP contribution < -0.4 is 5.73 Å². The molecule has 0 spiro atoms. The zero-order chi connectivity index (χ0) is 13.7. The van der Waals surface area contributed by atoms with Crippen molar-refractivity contribution in [2.75, 3.05) is 5.75 Å². The van der Waals surface area contributed by atoms with Gasteiger partial charge in [0.2, 0.25) is 5.89 Å². The summed E-state index contributed by atoms with van der Waals surface area (Å²) in [6.07, 6.45) is 0. The molecule has 0 bridgehead atoms. The molecule has 102 valence electrons. The van der Waals surface area contributed by atoms with Gasteiger partial charge >= 0.3 is 0 Å². The van der Waals surface area contributed by atoms with Gasteiger partial charge < -0.3 is 10.3 Å². The van der Waals surface area contributed by atoms with Crippen LogP contribution in [0.1, 0.15) is 43.1 Å². The number of hydrogen-bond donors (Lipinski definition) is 1. The molecule has 1 aromatic heterocycles. The summed E-state index contributed by atoms with van der Waals surface area (Å²) in [7, 11) is 0. The predicted molar refractivity (Wildman–Crippen MR) is 77.9 cm³/mol. The molecule has 2 aromatic rings. The molecule has 5 heteroatoms. The highest BCUT2D eigenvalue weighted by Crippen LogP contribution is 2.27. The van der Waals surface area contributed by atoms with Gasteiger partial charge in [0.05, 0.1) is 11.7 Å². The molecule has 2 N–H and O–H groups in total. The maximum absolute atomic E-state index is 6.25. The maximum Gasteiger partial charge on any atom is 0.231 e. The normalized spacial score (nSPS) is 14.3. The Labute approximate surface area is 117 Å². The molecule has 1 aromatic carbocycles. The van der Waals surface area contributed by atoms with E-state index in [0.29, 0.717) is 5.89 Å². The van der Waals surface area contributed by atoms with Gasteiger partial charge in [-0.05, 0) is 11.3 Å². The van der Waals surface area contributed by atoms with Crippen LogP contribution in [0.4, 0.5) is 0 Å². The Bertz CT molecular complexity index is 500. The van der Waals surface area contributed by atoms with E-state index >= 15 is 0 Å². The molecule has 0 radical (unpaired) electrons. The van der Waals surface area contributed by atoms with Gasteiger partial charge in [-0.3, -0.25) is 0 Å². The smallest absolute Gasteiger partial charge is 0.231 e. The SMILES string of the molecule is CCSCc1noc(C(C)C(N)c2ccccc2)n1. The second kappa shape index (κ2) is 6.73. The van der Waals surface area contributed by atoms with Gasteiger partial charge in [0, 0.05) is 6.04 Å². The lowest BCUT2D eigenvalue weighted by atomic mass is 9.95. The van der Waals surface area contributed by atoms with Crippen molar-refractivity contribution in [3.63, 3.8) is 0 Å². The van der Waals surface area contributed by atoms with E-state index in [9.17, 15) is 0 Å². The lowest BCUT2D eigenvalue weighted by molar-refractivity contribution is 0.341. The first-order valence-corrected chi connectivity index (χ1v) is 7.58. The average Bonchev–Trinajstić information content (AvgIpc) is 2.93. The minimum atomic E-state index is -0.131. The molecule has 0 fully saturated rings. The molecule has 2 rings (SSSR count). The van der Waals surface area contributed by atoms with E-state index in [-0.39, 0.29) is 12.0 Å². The van der Waals surface area contributed by atoms with Crippen LogP contribution in [0, 0.1) is 0 Å². The third-order valence-electron chi connectivity index (χ3n) is 3.03. The van der Waals surface area contributed by atoms with Gasteiger partial charge in [-0.15, -0.1) is 0 Å². The number of thioether (sulfide) groups is 1. The third-order valence-corrected chi connectivity index (χ3v) is 3.90. The Morgan fingerprint density at radius 2 is 2.05 bits per heavy atom. The van der Waals surface area contributed by atoms with Crippen LogP contribution >= 0.6 is 11.8 Å². The maximum atomic E-state index is 6.25. The molecular weight excluding hydrogens is 258 g/mol. The van der Waals surface area contributed by atoms with Crippen LogP contribution in [0.3, 0.4) is 0 Å². The van der Waals surface area contributed by atoms with Gasteiger partial charge in [-0.25, -0.2) is 0 Å². The predicted octanol–water partition coefficient (Wildman–Crippen LogP) is 3.13. The van der Waals surface area contributed by atoms with E-state index in [1.807, 2.05) is 37.3 Å². The van der Waals surface area contributed by atoms with Crippen LogP contribution in [-0.4, -0.2) is 15.9 Å². The highest BCUT2D eigenvalue weighted by molar-refractivity contribution is 7.98. The van der Waals surface area contributed by atoms with Crippen LogP contribution in [0.5, 0.6) is 0 Å². The quantitative estimate of drug-likeness (QED) is 0.878. The fourth-order valence-electron chi connectivity index (χ4n) is 1.82. The van der Waals surface area contributed by atoms with Crippen molar-refractivity contribution in [2.45, 2.75) is 31.6 Å². The Hall–Kier alpha value is -1.33. The second-order valence-electron chi connectivity index (χ2n) is 4.41. The molecule has 1 heterocycles. The van der Waals surface area contributed by atoms with E-state index in [4.69, 9.17) is 10.3 Å². The zero-order valence-corrected chi connectivity index (χ0v) is 12.1. The first-order valence-electron chi connectivity index (χ1n) is 6.43. The van der Waals surface area contributed by atoms with Crippen molar-refractivity contribution in [1.29, 1.82) is 0 Å². The van der Waals surface area contributed by atoms with Crippen molar-refractivity contribution < 1.29 is 4.52 Å². The van der Waals surface area contributed by atoms with Gasteiger partial charge in [0.1, 0.15) is 0 Å². The molecule has 0 saturated carbocycles. The minimum absolute atomic E-state index is 0.00952. The second-order valence-corrected chi connectivity index (χ2v) is 5.69. The molecule has 0 saturated heterocycles. The molecule has 0 aliphatic rings. The third kappa shape index (κ3) is 3.58. The van der Waals surface area contributed by atoms with Crippen molar-refractivity contribution in [3.05, 3.63) is 47.6 Å². The number of rotatable bonds is 6. The number of aromatic nitrogens is 2. The number of benzene rings is 1. The van der Waals surface area contributed by atoms with E-state index < -0.39 is 0 Å². The Morgan fingerprint density at radius 3 is 2.74 bits per heavy atom. The van der Waals surface area contributed by atoms with Crippen molar-refractivity contribution in [3.8, 4) is 0 Å². The monoisotopic (exact) mass is 277 g/mol. The molecule has 4 nitrogen and oxygen atoms in total. The van der Waals surface area contributed by atoms with Crippen LogP contribution in [0.2, 0.25) is 0 Å². The van der Waals surface area contributed by atoms with E-state index in [2.05, 4.69) is 17.1 Å². The van der Waals surface area contributed by atoms with Crippen molar-refractivity contribution in [2.24, 2.45) is 5.73 Å². The van der Waals surface area contributed by atoms with Crippen LogP contribution in [-0.2, 0) is 5.75 Å². The van der Waals surface area contributed by atoms with Gasteiger partial charge in [0.15, 0.2) is 5.82 Å². The molecule has 2 unspecified atom stereocenters. The Morgan fingerprint density at radius 1 is 1.32 bits per heavy atom. The number of nitrogens with two attached hydrogens (primary N) is 1. The average molecular weight is 277 g/mol. The summed E-state index contributed by atoms with van der Waals surface area (Å²) < 4.78 is 5.31. The van der Waals surface area contributed by atoms with Crippen LogP contribution in [0.15, 0.2) is 34.9 Å². The van der Waals surface area contributed by atoms with Crippen molar-refractivity contribution in [1.82, 2.24) is 10.1 Å². The molecular formula is C14H19N3OS. The summed E-state index contributed by atoms with van der Waals surface area (Å²) in [5.74, 6) is 3.20. The lowest BCUT2D eigenvalue weighted by Crippen LogP contribution is -2.17. The van der Waals surface area contributed by atoms with Crippen molar-refractivity contribution >= 4 is 11.8 Å². The van der Waals surface area contributed by atoms with E-state index in [1.54, 1.807) is 11.8 Å². The molecule has 0 aliphatic carbocycles. The van der Waals surface area contributed by atoms with Crippen LogP contribution in [0.25, 0.3) is 0 Å². The summed E-state index contributed by atoms with van der Waals surface area (Å²) >= 11 is 1.77. The fourth-order valence-corrected chi connectivity index (χ4v) is 2.33. The van der Waals surface area contributed by atoms with E-state index in [0.717, 1.165) is 22.9 Å². The largest absolute Gasteiger partial charge is 0.339 e. The molecule has 0 amide bonds. The minimum Gasteiger partial charge on any atom is -0.339 e. The first kappa shape index (κ1) is 14.1. The summed E-state index contributed by atoms with van der Waals surface area (Å²) in [4.78, 5) is 4.42. The molecule has 2 atom stereocenters. The zero-order valence-electron chi connectivity index (χ0n) is 11.2. The first-order chi connectivity index (χ1) is 9.22. The number of nitrogens with zero attached hydrogens (tertiary/aromatic N) is 2. The lowest BCUT2D eigenvalue weighted by Gasteiger charge is -2.16. The summed E-state index contributed by atoms with van der Waals surface area (Å²) in [5, 5.41) is 3.99. The fraction of sp³-hybridized carbons (Fsp3) is 0.429. The highest BCUT2D eigenvalue weighted by Gasteiger charge is 2.22. The summed E-state index contributed by atoms with van der Waals surface area (Å²) in [6.45, 7) is 4.13. The summed E-state index contributed by atoms with van der Waals surface area (Å²) in [6, 6.07) is 9.86. The standard InChI is InChI=1S/C14H19N3OS/c1-3-19-9-12-16-14(18-17-12)10(2)13(15)11-7-5-4-6-8-11/h4-8,10,13H,3,9,15H2,1-2H3. The Kier molecular flexibility index (Phi) is 4.99. The van der Waals surface area contributed by atoms with Gasteiger partial charge in [0.25, 0.3) is 0 Å². The number of hydrogen-bond acceptors (Lipinski definition) is 5. The molecule has 19 heavy (non-hydrogen) atoms. The van der Waals surface area contributed by atoms with Gasteiger partial charge in [-0.2, -0.15) is 16.7 Å². The van der Waals surface area contributed by atoms with Gasteiger partial charge in [-0.1, -0.05) is 49.3 Å². The molecule has 0 aliphatic heterocycles.